The van der Waals surface area contributed by atoms with Crippen molar-refractivity contribution >= 4 is 29.8 Å². The molecular weight excluding hydrogens is 833 g/mol. The minimum Gasteiger partial charge on any atom is -0.452 e. The third kappa shape index (κ3) is 15.0. The van der Waals surface area contributed by atoms with Crippen LogP contribution < -0.4 is 21.3 Å². The highest BCUT2D eigenvalue weighted by Crippen LogP contribution is 2.29. The number of benzene rings is 4. The van der Waals surface area contributed by atoms with Gasteiger partial charge in [-0.05, 0) is 54.4 Å². The van der Waals surface area contributed by atoms with Gasteiger partial charge in [0.1, 0.15) is 30.9 Å². The van der Waals surface area contributed by atoms with Gasteiger partial charge in [0.15, 0.2) is 18.0 Å². The van der Waals surface area contributed by atoms with Crippen LogP contribution in [0.5, 0.6) is 0 Å². The zero-order valence-corrected chi connectivity index (χ0v) is 37.7. The fourth-order valence-electron chi connectivity index (χ4n) is 7.39. The first-order chi connectivity index (χ1) is 31.0. The predicted molar refractivity (Wildman–Crippen MR) is 241 cm³/mol. The van der Waals surface area contributed by atoms with E-state index in [0.29, 0.717) is 5.56 Å². The highest BCUT2D eigenvalue weighted by molar-refractivity contribution is 5.91. The molecule has 1 aliphatic heterocycles. The van der Waals surface area contributed by atoms with Gasteiger partial charge in [-0.1, -0.05) is 149 Å². The summed E-state index contributed by atoms with van der Waals surface area (Å²) in [6.45, 7) is 10.2. The first-order valence-electron chi connectivity index (χ1n) is 21.9. The second kappa shape index (κ2) is 23.7. The fraction of sp³-hybridized carbons (Fsp3) is 0.420. The normalized spacial score (nSPS) is 18.1. The molecule has 1 aliphatic rings. The van der Waals surface area contributed by atoms with E-state index in [0.717, 1.165) is 16.7 Å². The number of hydrogen-bond acceptors (Lipinski definition) is 11. The number of hydrogen-bond donors (Lipinski definition) is 6. The van der Waals surface area contributed by atoms with Crippen LogP contribution in [-0.2, 0) is 44.7 Å². The summed E-state index contributed by atoms with van der Waals surface area (Å²) in [6, 6.07) is 32.0. The Morgan fingerprint density at radius 2 is 1.25 bits per heavy atom. The van der Waals surface area contributed by atoms with Crippen molar-refractivity contribution in [1.29, 1.82) is 0 Å². The Bertz CT molecular complexity index is 2100. The lowest BCUT2D eigenvalue weighted by atomic mass is 9.96. The second-order valence-electron chi connectivity index (χ2n) is 17.3. The predicted octanol–water partition coefficient (Wildman–Crippen LogP) is 5.41. The number of rotatable bonds is 20. The molecule has 348 valence electrons. The maximum absolute atomic E-state index is 14.0. The second-order valence-corrected chi connectivity index (χ2v) is 17.3. The third-order valence-electron chi connectivity index (χ3n) is 10.8. The summed E-state index contributed by atoms with van der Waals surface area (Å²) in [6.07, 6.45) is -7.08. The molecule has 0 radical (unpaired) electrons. The number of carbonyl (C=O) groups is 5. The number of carbonyl (C=O) groups excluding carboxylic acids is 5. The number of aliphatic hydroxyl groups excluding tert-OH is 2. The molecule has 4 aromatic carbocycles. The van der Waals surface area contributed by atoms with Crippen molar-refractivity contribution in [1.82, 2.24) is 21.3 Å². The van der Waals surface area contributed by atoms with E-state index in [9.17, 15) is 34.2 Å². The Morgan fingerprint density at radius 1 is 0.708 bits per heavy atom. The van der Waals surface area contributed by atoms with Crippen molar-refractivity contribution in [2.75, 3.05) is 6.61 Å². The van der Waals surface area contributed by atoms with Crippen molar-refractivity contribution in [3.05, 3.63) is 144 Å². The summed E-state index contributed by atoms with van der Waals surface area (Å²) >= 11 is 0. The van der Waals surface area contributed by atoms with E-state index in [1.807, 2.05) is 92.7 Å². The van der Waals surface area contributed by atoms with E-state index in [2.05, 4.69) is 21.3 Å². The van der Waals surface area contributed by atoms with E-state index in [1.165, 1.54) is 0 Å². The van der Waals surface area contributed by atoms with Gasteiger partial charge in [-0.25, -0.2) is 4.79 Å². The van der Waals surface area contributed by atoms with Gasteiger partial charge in [0, 0.05) is 0 Å². The number of amides is 4. The van der Waals surface area contributed by atoms with Gasteiger partial charge < -0.3 is 50.4 Å². The summed E-state index contributed by atoms with van der Waals surface area (Å²) in [4.78, 5) is 68.1. The number of esters is 1. The lowest BCUT2D eigenvalue weighted by Gasteiger charge is -2.44. The highest BCUT2D eigenvalue weighted by Gasteiger charge is 2.46. The summed E-state index contributed by atoms with van der Waals surface area (Å²) in [7, 11) is 0. The van der Waals surface area contributed by atoms with Crippen LogP contribution in [0.4, 0.5) is 4.79 Å². The third-order valence-corrected chi connectivity index (χ3v) is 10.8. The van der Waals surface area contributed by atoms with Crippen molar-refractivity contribution in [2.24, 2.45) is 11.8 Å². The molecule has 0 aliphatic carbocycles. The minimum atomic E-state index is -2.11. The molecular formula is C50H62N4O11. The number of ether oxygens (including phenoxy) is 4. The average Bonchev–Trinajstić information content (AvgIpc) is 3.29. The molecule has 0 saturated carbocycles. The monoisotopic (exact) mass is 894 g/mol. The number of aliphatic hydroxyl groups is 2. The number of nitrogens with one attached hydrogen (secondary N) is 4. The van der Waals surface area contributed by atoms with Gasteiger partial charge in [0.25, 0.3) is 5.91 Å². The molecule has 1 heterocycles. The highest BCUT2D eigenvalue weighted by atomic mass is 16.7. The molecule has 65 heavy (non-hydrogen) atoms. The standard InChI is InChI=1S/C50H62N4O11/c1-31(2)27-38(52-47(59)41(32(3)4)54-49(61)62-29-33-19-11-7-12-20-33)46(58)53-39-30-63-50(5,6)65-45(39)42(56)43(57)48(60)51-37(34-21-13-8-14-22-34)28-40(55)64-44(35-23-15-9-16-24-35)36-25-17-10-18-26-36/h7-26,31-32,37-39,41-45,56-57H,27-30H2,1-6H3,(H,51,60)(H,52,59)(H,53,58)(H,54,61). The molecule has 0 aromatic heterocycles. The smallest absolute Gasteiger partial charge is 0.408 e. The van der Waals surface area contributed by atoms with Crippen molar-refractivity contribution in [2.45, 2.75) is 115 Å². The molecule has 7 unspecified atom stereocenters. The molecule has 1 fully saturated rings. The zero-order valence-electron chi connectivity index (χ0n) is 37.7. The fourth-order valence-corrected chi connectivity index (χ4v) is 7.39. The molecule has 4 aromatic rings. The van der Waals surface area contributed by atoms with Crippen LogP contribution in [0.1, 0.15) is 88.8 Å². The molecule has 1 saturated heterocycles. The molecule has 15 heteroatoms. The van der Waals surface area contributed by atoms with Gasteiger partial charge in [0.2, 0.25) is 11.8 Å². The molecule has 0 bridgehead atoms. The Balaban J connectivity index is 1.27. The first kappa shape index (κ1) is 49.9. The van der Waals surface area contributed by atoms with Crippen LogP contribution in [0.3, 0.4) is 0 Å². The lowest BCUT2D eigenvalue weighted by Crippen LogP contribution is -2.65. The average molecular weight is 895 g/mol. The van der Waals surface area contributed by atoms with Crippen molar-refractivity contribution in [3.63, 3.8) is 0 Å². The molecule has 0 spiro atoms. The quantitative estimate of drug-likeness (QED) is 0.0619. The van der Waals surface area contributed by atoms with Crippen LogP contribution in [0.15, 0.2) is 121 Å². The van der Waals surface area contributed by atoms with Gasteiger partial charge >= 0.3 is 12.1 Å². The summed E-state index contributed by atoms with van der Waals surface area (Å²) in [5, 5.41) is 34.0. The maximum atomic E-state index is 14.0. The Kier molecular flexibility index (Phi) is 18.2. The lowest BCUT2D eigenvalue weighted by molar-refractivity contribution is -0.301. The Labute approximate surface area is 380 Å². The molecule has 15 nitrogen and oxygen atoms in total. The molecule has 7 atom stereocenters. The van der Waals surface area contributed by atoms with Crippen molar-refractivity contribution < 1.29 is 53.1 Å². The van der Waals surface area contributed by atoms with Crippen LogP contribution in [0.2, 0.25) is 0 Å². The Hall–Kier alpha value is -6.13. The largest absolute Gasteiger partial charge is 0.452 e. The van der Waals surface area contributed by atoms with Gasteiger partial charge in [-0.3, -0.25) is 19.2 Å². The van der Waals surface area contributed by atoms with E-state index < -0.39 is 84.2 Å². The topological polar surface area (TPSA) is 211 Å². The van der Waals surface area contributed by atoms with E-state index in [4.69, 9.17) is 18.9 Å². The summed E-state index contributed by atoms with van der Waals surface area (Å²) in [5.74, 6) is -4.68. The SMILES string of the molecule is CC(C)CC(NC(=O)C(NC(=O)OCc1ccccc1)C(C)C)C(=O)NC1COC(C)(C)OC1C(O)C(O)C(=O)NC(CC(=O)OC(c1ccccc1)c1ccccc1)c1ccccc1. The minimum absolute atomic E-state index is 0.00377. The van der Waals surface area contributed by atoms with Crippen LogP contribution >= 0.6 is 0 Å². The maximum Gasteiger partial charge on any atom is 0.408 e. The number of alkyl carbamates (subject to hydrolysis) is 1. The van der Waals surface area contributed by atoms with Gasteiger partial charge in [-0.15, -0.1) is 0 Å². The molecule has 4 amide bonds. The van der Waals surface area contributed by atoms with E-state index in [-0.39, 0.29) is 37.9 Å². The Morgan fingerprint density at radius 3 is 1.78 bits per heavy atom. The van der Waals surface area contributed by atoms with Crippen LogP contribution in [0.25, 0.3) is 0 Å². The zero-order chi connectivity index (χ0) is 47.1. The van der Waals surface area contributed by atoms with E-state index in [1.54, 1.807) is 70.2 Å². The van der Waals surface area contributed by atoms with Gasteiger partial charge in [0.05, 0.1) is 25.1 Å². The van der Waals surface area contributed by atoms with Gasteiger partial charge in [-0.2, -0.15) is 0 Å². The molecule has 6 N–H and O–H groups in total. The van der Waals surface area contributed by atoms with E-state index >= 15 is 0 Å². The molecule has 5 rings (SSSR count). The van der Waals surface area contributed by atoms with Crippen LogP contribution in [-0.4, -0.2) is 88.8 Å². The summed E-state index contributed by atoms with van der Waals surface area (Å²) < 4.78 is 23.3. The van der Waals surface area contributed by atoms with Crippen LogP contribution in [0, 0.1) is 11.8 Å². The summed E-state index contributed by atoms with van der Waals surface area (Å²) in [5.41, 5.74) is 2.81. The van der Waals surface area contributed by atoms with Crippen molar-refractivity contribution in [3.8, 4) is 0 Å². The first-order valence-corrected chi connectivity index (χ1v) is 21.9.